The summed E-state index contributed by atoms with van der Waals surface area (Å²) in [5, 5.41) is 20.2. The van der Waals surface area contributed by atoms with Gasteiger partial charge in [-0.25, -0.2) is 19.0 Å². The number of benzene rings is 3. The van der Waals surface area contributed by atoms with Crippen LogP contribution in [0, 0.1) is 9.77 Å². The Balaban J connectivity index is 1.33. The zero-order valence-corrected chi connectivity index (χ0v) is 27.4. The average molecular weight is 701 g/mol. The summed E-state index contributed by atoms with van der Waals surface area (Å²) in [5.74, 6) is -0.0573. The Morgan fingerprint density at radius 2 is 1.96 bits per heavy atom. The van der Waals surface area contributed by atoms with E-state index in [9.17, 15) is 14.0 Å². The third-order valence-corrected chi connectivity index (χ3v) is 9.01. The van der Waals surface area contributed by atoms with Crippen LogP contribution in [0.3, 0.4) is 0 Å². The Hall–Kier alpha value is -4.31. The second-order valence-corrected chi connectivity index (χ2v) is 12.9. The topological polar surface area (TPSA) is 140 Å². The summed E-state index contributed by atoms with van der Waals surface area (Å²) in [5.41, 5.74) is 1.98. The van der Waals surface area contributed by atoms with Crippen LogP contribution in [0.1, 0.15) is 18.9 Å². The maximum Gasteiger partial charge on any atom is 0.304 e. The summed E-state index contributed by atoms with van der Waals surface area (Å²) >= 11 is 14.3. The molecule has 0 spiro atoms. The number of halogens is 2. The van der Waals surface area contributed by atoms with E-state index >= 15 is 0 Å². The molecule has 0 unspecified atom stereocenters. The normalized spacial score (nSPS) is 10.9. The van der Waals surface area contributed by atoms with Gasteiger partial charge < -0.3 is 25.2 Å². The number of ether oxygens (including phenoxy) is 2. The fourth-order valence-corrected chi connectivity index (χ4v) is 6.72. The van der Waals surface area contributed by atoms with Crippen LogP contribution in [0.2, 0.25) is 5.02 Å². The van der Waals surface area contributed by atoms with Gasteiger partial charge in [0.2, 0.25) is 5.91 Å². The zero-order chi connectivity index (χ0) is 32.6. The first-order valence-corrected chi connectivity index (χ1v) is 16.4. The fourth-order valence-electron chi connectivity index (χ4n) is 4.16. The Bertz CT molecular complexity index is 1960. The van der Waals surface area contributed by atoms with Gasteiger partial charge in [-0.1, -0.05) is 52.9 Å². The van der Waals surface area contributed by atoms with Gasteiger partial charge >= 0.3 is 5.97 Å². The second kappa shape index (κ2) is 15.3. The maximum atomic E-state index is 14.0. The molecule has 0 atom stereocenters. The number of thioether (sulfide) groups is 1. The number of amides is 1. The first kappa shape index (κ1) is 33.1. The number of rotatable bonds is 14. The van der Waals surface area contributed by atoms with E-state index in [-0.39, 0.29) is 25.4 Å². The van der Waals surface area contributed by atoms with Gasteiger partial charge in [0, 0.05) is 28.5 Å². The standard InChI is InChI=1S/C30H26ClFN6O5S3/c1-2-42-25-13-22-19(12-23(25)36-26(39)14-38-30(44)46-29(37-38)45-10-9-27(40)41)28(34-16-33-22)35-18-7-8-24(20(31)11-18)43-15-17-5-3-4-6-21(17)32/h3-8,11-13,16H,2,9-10,14-15H2,1H3,(H,36,39)(H,40,41)(H,33,34,35). The minimum absolute atomic E-state index is 0.00987. The summed E-state index contributed by atoms with van der Waals surface area (Å²) in [6, 6.07) is 14.9. The third-order valence-electron chi connectivity index (χ3n) is 6.27. The van der Waals surface area contributed by atoms with Crippen LogP contribution >= 0.6 is 46.9 Å². The molecule has 0 radical (unpaired) electrons. The molecular weight excluding hydrogens is 675 g/mol. The van der Waals surface area contributed by atoms with Crippen molar-refractivity contribution in [2.24, 2.45) is 0 Å². The monoisotopic (exact) mass is 700 g/mol. The highest BCUT2D eigenvalue weighted by Gasteiger charge is 2.16. The molecule has 0 aliphatic rings. The molecule has 46 heavy (non-hydrogen) atoms. The van der Waals surface area contributed by atoms with E-state index in [0.717, 1.165) is 0 Å². The highest BCUT2D eigenvalue weighted by atomic mass is 35.5. The van der Waals surface area contributed by atoms with Gasteiger partial charge in [0.1, 0.15) is 42.6 Å². The second-order valence-electron chi connectivity index (χ2n) is 9.50. The molecule has 11 nitrogen and oxygen atoms in total. The van der Waals surface area contributed by atoms with Crippen LogP contribution in [-0.2, 0) is 22.7 Å². The minimum atomic E-state index is -0.899. The van der Waals surface area contributed by atoms with Gasteiger partial charge in [-0.05, 0) is 49.5 Å². The number of carbonyl (C=O) groups is 2. The average Bonchev–Trinajstić information content (AvgIpc) is 3.36. The number of anilines is 3. The maximum absolute atomic E-state index is 14.0. The van der Waals surface area contributed by atoms with E-state index in [4.69, 9.17) is 38.4 Å². The van der Waals surface area contributed by atoms with Gasteiger partial charge in [0.05, 0.1) is 29.3 Å². The van der Waals surface area contributed by atoms with Gasteiger partial charge in [0.15, 0.2) is 8.29 Å². The molecule has 0 saturated carbocycles. The number of hydrogen-bond donors (Lipinski definition) is 3. The van der Waals surface area contributed by atoms with E-state index in [1.165, 1.54) is 40.2 Å². The van der Waals surface area contributed by atoms with Crippen LogP contribution in [0.15, 0.2) is 65.3 Å². The van der Waals surface area contributed by atoms with E-state index in [2.05, 4.69) is 25.7 Å². The summed E-state index contributed by atoms with van der Waals surface area (Å²) in [6.45, 7) is 2.05. The lowest BCUT2D eigenvalue weighted by molar-refractivity contribution is -0.136. The lowest BCUT2D eigenvalue weighted by Gasteiger charge is -2.15. The Morgan fingerprint density at radius 3 is 2.72 bits per heavy atom. The van der Waals surface area contributed by atoms with Crippen molar-refractivity contribution in [3.05, 3.63) is 81.3 Å². The molecule has 2 aromatic heterocycles. The SMILES string of the molecule is CCOc1cc2ncnc(Nc3ccc(OCc4ccccc4F)c(Cl)c3)c2cc1NC(=O)Cn1nc(SCCC(=O)O)sc1=S. The van der Waals surface area contributed by atoms with Crippen molar-refractivity contribution in [1.29, 1.82) is 0 Å². The molecule has 5 rings (SSSR count). The summed E-state index contributed by atoms with van der Waals surface area (Å²) in [4.78, 5) is 32.7. The van der Waals surface area contributed by atoms with Crippen LogP contribution < -0.4 is 20.1 Å². The summed E-state index contributed by atoms with van der Waals surface area (Å²) in [7, 11) is 0. The number of carbonyl (C=O) groups excluding carboxylic acids is 1. The van der Waals surface area contributed by atoms with Crippen molar-refractivity contribution in [3.8, 4) is 11.5 Å². The molecule has 0 fully saturated rings. The first-order chi connectivity index (χ1) is 22.2. The Labute approximate surface area is 280 Å². The minimum Gasteiger partial charge on any atom is -0.492 e. The zero-order valence-electron chi connectivity index (χ0n) is 24.2. The molecule has 1 amide bonds. The molecule has 16 heteroatoms. The predicted octanol–water partition coefficient (Wildman–Crippen LogP) is 7.34. The summed E-state index contributed by atoms with van der Waals surface area (Å²) in [6.07, 6.45) is 1.40. The first-order valence-electron chi connectivity index (χ1n) is 13.8. The predicted molar refractivity (Wildman–Crippen MR) is 179 cm³/mol. The smallest absolute Gasteiger partial charge is 0.304 e. The number of fused-ring (bicyclic) bond motifs is 1. The Morgan fingerprint density at radius 1 is 1.13 bits per heavy atom. The number of carboxylic acids is 1. The lowest BCUT2D eigenvalue weighted by Crippen LogP contribution is -2.20. The molecule has 238 valence electrons. The molecular formula is C30H26ClFN6O5S3. The molecule has 3 aromatic carbocycles. The fraction of sp³-hybridized carbons (Fsp3) is 0.200. The van der Waals surface area contributed by atoms with Crippen molar-refractivity contribution in [2.75, 3.05) is 23.0 Å². The molecule has 0 aliphatic carbocycles. The number of aliphatic carboxylic acids is 1. The van der Waals surface area contributed by atoms with Crippen molar-refractivity contribution < 1.29 is 28.6 Å². The Kier molecular flexibility index (Phi) is 11.0. The van der Waals surface area contributed by atoms with Crippen molar-refractivity contribution in [2.45, 2.75) is 30.8 Å². The molecule has 5 aromatic rings. The number of carboxylic acid groups (broad SMARTS) is 1. The van der Waals surface area contributed by atoms with Gasteiger partial charge in [0.25, 0.3) is 0 Å². The van der Waals surface area contributed by atoms with E-state index in [1.807, 2.05) is 6.92 Å². The van der Waals surface area contributed by atoms with Gasteiger partial charge in [-0.2, -0.15) is 5.10 Å². The van der Waals surface area contributed by atoms with E-state index < -0.39 is 11.9 Å². The summed E-state index contributed by atoms with van der Waals surface area (Å²) < 4.78 is 27.9. The number of aromatic nitrogens is 4. The van der Waals surface area contributed by atoms with Crippen LogP contribution in [0.5, 0.6) is 11.5 Å². The van der Waals surface area contributed by atoms with Crippen LogP contribution in [-0.4, -0.2) is 49.1 Å². The largest absolute Gasteiger partial charge is 0.492 e. The molecule has 0 bridgehead atoms. The third kappa shape index (κ3) is 8.48. The van der Waals surface area contributed by atoms with Crippen molar-refractivity contribution >= 4 is 86.9 Å². The van der Waals surface area contributed by atoms with Crippen molar-refractivity contribution in [3.63, 3.8) is 0 Å². The van der Waals surface area contributed by atoms with Crippen LogP contribution in [0.4, 0.5) is 21.6 Å². The quantitative estimate of drug-likeness (QED) is 0.0792. The number of nitrogens with zero attached hydrogens (tertiary/aromatic N) is 4. The van der Waals surface area contributed by atoms with Crippen LogP contribution in [0.25, 0.3) is 10.9 Å². The molecule has 3 N–H and O–H groups in total. The number of hydrogen-bond acceptors (Lipinski definition) is 11. The highest BCUT2D eigenvalue weighted by Crippen LogP contribution is 2.35. The lowest BCUT2D eigenvalue weighted by atomic mass is 10.1. The molecule has 0 saturated heterocycles. The van der Waals surface area contributed by atoms with E-state index in [1.54, 1.807) is 48.5 Å². The highest BCUT2D eigenvalue weighted by molar-refractivity contribution is 8.01. The van der Waals surface area contributed by atoms with E-state index in [0.29, 0.717) is 70.8 Å². The molecule has 0 aliphatic heterocycles. The van der Waals surface area contributed by atoms with Gasteiger partial charge in [-0.3, -0.25) is 9.59 Å². The number of nitrogens with one attached hydrogen (secondary N) is 2. The molecule has 2 heterocycles. The van der Waals surface area contributed by atoms with Gasteiger partial charge in [-0.15, -0.1) is 0 Å². The van der Waals surface area contributed by atoms with Crippen molar-refractivity contribution in [1.82, 2.24) is 19.7 Å².